The van der Waals surface area contributed by atoms with Crippen LogP contribution in [-0.2, 0) is 11.2 Å². The number of nitrogen functional groups attached to an aromatic ring is 1. The topological polar surface area (TPSA) is 105 Å². The van der Waals surface area contributed by atoms with Gasteiger partial charge in [0, 0.05) is 11.1 Å². The zero-order valence-electron chi connectivity index (χ0n) is 17.9. The number of nitrogens with zero attached hydrogens (tertiary/aromatic N) is 5. The number of nitrogens with two attached hydrogens (primary N) is 1. The van der Waals surface area contributed by atoms with Crippen molar-refractivity contribution in [3.05, 3.63) is 60.0 Å². The molecule has 0 radical (unpaired) electrons. The van der Waals surface area contributed by atoms with E-state index in [-0.39, 0.29) is 5.41 Å². The molecule has 0 aliphatic rings. The summed E-state index contributed by atoms with van der Waals surface area (Å²) < 4.78 is 12.0. The largest absolute Gasteiger partial charge is 0.497 e. The number of thioether (sulfide) groups is 1. The lowest BCUT2D eigenvalue weighted by atomic mass is 9.87. The number of benzene rings is 2. The summed E-state index contributed by atoms with van der Waals surface area (Å²) in [5, 5.41) is 13.1. The predicted molar refractivity (Wildman–Crippen MR) is 120 cm³/mol. The molecule has 2 aromatic heterocycles. The third kappa shape index (κ3) is 4.56. The van der Waals surface area contributed by atoms with Crippen LogP contribution in [0.4, 0.5) is 0 Å². The molecule has 0 fully saturated rings. The van der Waals surface area contributed by atoms with Gasteiger partial charge < -0.3 is 15.1 Å². The Balaban J connectivity index is 1.44. The maximum absolute atomic E-state index is 6.24. The zero-order chi connectivity index (χ0) is 22.0. The highest BCUT2D eigenvalue weighted by Crippen LogP contribution is 2.28. The van der Waals surface area contributed by atoms with Crippen molar-refractivity contribution in [3.63, 3.8) is 0 Å². The summed E-state index contributed by atoms with van der Waals surface area (Å²) in [5.74, 6) is 9.05. The Morgan fingerprint density at radius 3 is 2.32 bits per heavy atom. The molecule has 2 aromatic carbocycles. The van der Waals surface area contributed by atoms with Crippen molar-refractivity contribution in [1.29, 1.82) is 0 Å². The minimum absolute atomic E-state index is 0.0880. The fourth-order valence-corrected chi connectivity index (χ4v) is 3.68. The molecule has 0 spiro atoms. The molecule has 0 saturated carbocycles. The molecule has 9 heteroatoms. The quantitative estimate of drug-likeness (QED) is 0.352. The highest BCUT2D eigenvalue weighted by molar-refractivity contribution is 7.98. The van der Waals surface area contributed by atoms with Crippen LogP contribution >= 0.6 is 11.8 Å². The van der Waals surface area contributed by atoms with E-state index in [2.05, 4.69) is 53.2 Å². The summed E-state index contributed by atoms with van der Waals surface area (Å²) in [7, 11) is 1.63. The maximum atomic E-state index is 6.24. The van der Waals surface area contributed by atoms with Gasteiger partial charge in [0.15, 0.2) is 5.82 Å². The molecule has 4 aromatic rings. The van der Waals surface area contributed by atoms with Crippen molar-refractivity contribution >= 4 is 11.8 Å². The van der Waals surface area contributed by atoms with Gasteiger partial charge in [0.1, 0.15) is 5.75 Å². The van der Waals surface area contributed by atoms with Crippen LogP contribution in [-0.4, -0.2) is 32.1 Å². The number of ether oxygens (including phenoxy) is 1. The third-order valence-corrected chi connectivity index (χ3v) is 5.74. The van der Waals surface area contributed by atoms with Gasteiger partial charge >= 0.3 is 0 Å². The van der Waals surface area contributed by atoms with Crippen LogP contribution in [0, 0.1) is 0 Å². The summed E-state index contributed by atoms with van der Waals surface area (Å²) in [6, 6.07) is 15.7. The second-order valence-corrected chi connectivity index (χ2v) is 8.97. The molecule has 160 valence electrons. The van der Waals surface area contributed by atoms with Gasteiger partial charge in [0.2, 0.25) is 16.9 Å². The van der Waals surface area contributed by atoms with Gasteiger partial charge in [-0.3, -0.25) is 0 Å². The summed E-state index contributed by atoms with van der Waals surface area (Å²) >= 11 is 1.39. The number of aromatic nitrogens is 5. The lowest BCUT2D eigenvalue weighted by molar-refractivity contribution is 0.391. The number of hydrogen-bond donors (Lipinski definition) is 1. The van der Waals surface area contributed by atoms with Crippen molar-refractivity contribution in [2.45, 2.75) is 37.1 Å². The van der Waals surface area contributed by atoms with E-state index in [4.69, 9.17) is 15.1 Å². The van der Waals surface area contributed by atoms with Crippen LogP contribution < -0.4 is 10.6 Å². The van der Waals surface area contributed by atoms with E-state index in [0.717, 1.165) is 16.9 Å². The van der Waals surface area contributed by atoms with E-state index >= 15 is 0 Å². The fourth-order valence-electron chi connectivity index (χ4n) is 2.99. The van der Waals surface area contributed by atoms with Gasteiger partial charge in [0.25, 0.3) is 0 Å². The van der Waals surface area contributed by atoms with Crippen molar-refractivity contribution in [2.75, 3.05) is 13.0 Å². The first kappa shape index (κ1) is 20.9. The van der Waals surface area contributed by atoms with E-state index in [1.165, 1.54) is 22.0 Å². The van der Waals surface area contributed by atoms with E-state index in [9.17, 15) is 0 Å². The summed E-state index contributed by atoms with van der Waals surface area (Å²) in [4.78, 5) is 4.44. The molecule has 2 N–H and O–H groups in total. The van der Waals surface area contributed by atoms with Crippen LogP contribution in [0.15, 0.2) is 58.2 Å². The number of methoxy groups -OCH3 is 1. The van der Waals surface area contributed by atoms with Crippen molar-refractivity contribution in [3.8, 4) is 28.5 Å². The van der Waals surface area contributed by atoms with Gasteiger partial charge in [-0.1, -0.05) is 62.0 Å². The molecule has 0 saturated heterocycles. The molecule has 0 bridgehead atoms. The molecule has 2 heterocycles. The lowest BCUT2D eigenvalue weighted by Crippen LogP contribution is -2.12. The predicted octanol–water partition coefficient (Wildman–Crippen LogP) is 4.31. The second-order valence-electron chi connectivity index (χ2n) is 8.03. The van der Waals surface area contributed by atoms with Crippen LogP contribution in [0.2, 0.25) is 0 Å². The van der Waals surface area contributed by atoms with Crippen molar-refractivity contribution in [1.82, 2.24) is 25.0 Å². The first-order valence-corrected chi connectivity index (χ1v) is 10.7. The Hall–Kier alpha value is -3.33. The van der Waals surface area contributed by atoms with Gasteiger partial charge in [-0.15, -0.1) is 10.2 Å². The van der Waals surface area contributed by atoms with Gasteiger partial charge in [-0.05, 0) is 35.2 Å². The maximum Gasteiger partial charge on any atom is 0.237 e. The van der Waals surface area contributed by atoms with E-state index in [1.54, 1.807) is 7.11 Å². The number of hydrogen-bond acceptors (Lipinski definition) is 8. The van der Waals surface area contributed by atoms with Crippen LogP contribution in [0.3, 0.4) is 0 Å². The minimum atomic E-state index is 0.0880. The lowest BCUT2D eigenvalue weighted by Gasteiger charge is -2.19. The highest BCUT2D eigenvalue weighted by atomic mass is 32.2. The van der Waals surface area contributed by atoms with Crippen molar-refractivity contribution in [2.24, 2.45) is 0 Å². The second kappa shape index (κ2) is 8.43. The molecular weight excluding hydrogens is 412 g/mol. The van der Waals surface area contributed by atoms with Gasteiger partial charge in [-0.2, -0.15) is 4.98 Å². The minimum Gasteiger partial charge on any atom is -0.497 e. The molecule has 0 atom stereocenters. The van der Waals surface area contributed by atoms with E-state index < -0.39 is 0 Å². The molecule has 0 amide bonds. The average Bonchev–Trinajstić information content (AvgIpc) is 3.38. The molecule has 31 heavy (non-hydrogen) atoms. The third-order valence-electron chi connectivity index (χ3n) is 4.81. The standard InChI is InChI=1S/C22H24N6O2S/c1-22(2,3)16-9-5-15(6-10-16)20-25-26-21(28(20)23)31-13-18-24-19(27-30-18)14-7-11-17(29-4)12-8-14/h5-12H,13,23H2,1-4H3. The smallest absolute Gasteiger partial charge is 0.237 e. The average molecular weight is 437 g/mol. The van der Waals surface area contributed by atoms with Crippen LogP contribution in [0.25, 0.3) is 22.8 Å². The Kier molecular flexibility index (Phi) is 5.69. The zero-order valence-corrected chi connectivity index (χ0v) is 18.7. The van der Waals surface area contributed by atoms with E-state index in [0.29, 0.717) is 28.4 Å². The molecule has 8 nitrogen and oxygen atoms in total. The monoisotopic (exact) mass is 436 g/mol. The first-order valence-electron chi connectivity index (χ1n) is 9.76. The normalized spacial score (nSPS) is 11.6. The Labute approximate surface area is 184 Å². The Bertz CT molecular complexity index is 1160. The molecular formula is C22H24N6O2S. The summed E-state index contributed by atoms with van der Waals surface area (Å²) in [6.07, 6.45) is 0. The number of rotatable bonds is 6. The Morgan fingerprint density at radius 2 is 1.68 bits per heavy atom. The highest BCUT2D eigenvalue weighted by Gasteiger charge is 2.17. The van der Waals surface area contributed by atoms with Gasteiger partial charge in [-0.25, -0.2) is 4.68 Å². The SMILES string of the molecule is COc1ccc(-c2noc(CSc3nnc(-c4ccc(C(C)(C)C)cc4)n3N)n2)cc1. The van der Waals surface area contributed by atoms with Crippen LogP contribution in [0.5, 0.6) is 5.75 Å². The van der Waals surface area contributed by atoms with Crippen LogP contribution in [0.1, 0.15) is 32.2 Å². The van der Waals surface area contributed by atoms with Crippen molar-refractivity contribution < 1.29 is 9.26 Å². The Morgan fingerprint density at radius 1 is 1.00 bits per heavy atom. The molecule has 0 aliphatic heterocycles. The fraction of sp³-hybridized carbons (Fsp3) is 0.273. The first-order chi connectivity index (χ1) is 14.8. The summed E-state index contributed by atoms with van der Waals surface area (Å²) in [6.45, 7) is 6.54. The van der Waals surface area contributed by atoms with E-state index in [1.807, 2.05) is 36.4 Å². The molecule has 4 rings (SSSR count). The summed E-state index contributed by atoms with van der Waals surface area (Å²) in [5.41, 5.74) is 3.10. The molecule has 0 aliphatic carbocycles. The molecule has 0 unspecified atom stereocenters. The van der Waals surface area contributed by atoms with Gasteiger partial charge in [0.05, 0.1) is 12.9 Å².